The summed E-state index contributed by atoms with van der Waals surface area (Å²) in [6.45, 7) is 1.77. The molecule has 0 unspecified atom stereocenters. The van der Waals surface area contributed by atoms with Gasteiger partial charge in [-0.1, -0.05) is 28.1 Å². The van der Waals surface area contributed by atoms with Crippen LogP contribution in [0, 0.1) is 0 Å². The highest BCUT2D eigenvalue weighted by atomic mass is 79.9. The van der Waals surface area contributed by atoms with Gasteiger partial charge in [0.05, 0.1) is 26.0 Å². The van der Waals surface area contributed by atoms with Gasteiger partial charge in [-0.2, -0.15) is 5.10 Å². The number of nitrogens with one attached hydrogen (secondary N) is 1. The van der Waals surface area contributed by atoms with Crippen molar-refractivity contribution in [1.82, 2.24) is 9.78 Å². The molecule has 1 aromatic heterocycles. The summed E-state index contributed by atoms with van der Waals surface area (Å²) >= 11 is 3.43. The smallest absolute Gasteiger partial charge is 0.256 e. The molecule has 0 fully saturated rings. The fraction of sp³-hybridized carbons (Fsp3) is 0.200. The zero-order valence-corrected chi connectivity index (χ0v) is 16.1. The third-order valence-corrected chi connectivity index (χ3v) is 4.74. The highest BCUT2D eigenvalue weighted by molar-refractivity contribution is 9.10. The van der Waals surface area contributed by atoms with E-state index in [1.807, 2.05) is 24.3 Å². The maximum atomic E-state index is 12.7. The van der Waals surface area contributed by atoms with Crippen LogP contribution in [0.1, 0.15) is 22.3 Å². The van der Waals surface area contributed by atoms with E-state index in [1.54, 1.807) is 35.1 Å². The summed E-state index contributed by atoms with van der Waals surface area (Å²) in [6.07, 6.45) is 2.49. The molecule has 7 heteroatoms. The monoisotopic (exact) mass is 427 g/mol. The maximum Gasteiger partial charge on any atom is 0.256 e. The number of fused-ring (bicyclic) bond motifs is 1. The van der Waals surface area contributed by atoms with Crippen molar-refractivity contribution in [3.63, 3.8) is 0 Å². The van der Waals surface area contributed by atoms with Crippen molar-refractivity contribution in [2.24, 2.45) is 0 Å². The van der Waals surface area contributed by atoms with Gasteiger partial charge in [-0.25, -0.2) is 4.68 Å². The van der Waals surface area contributed by atoms with Crippen molar-refractivity contribution in [2.75, 3.05) is 18.5 Å². The lowest BCUT2D eigenvalue weighted by molar-refractivity contribution is 0.102. The van der Waals surface area contributed by atoms with E-state index in [1.165, 1.54) is 0 Å². The molecule has 3 aromatic rings. The summed E-state index contributed by atoms with van der Waals surface area (Å²) in [6, 6.07) is 15.0. The number of benzene rings is 2. The van der Waals surface area contributed by atoms with Gasteiger partial charge in [0.15, 0.2) is 11.5 Å². The Morgan fingerprint density at radius 2 is 1.85 bits per heavy atom. The van der Waals surface area contributed by atoms with Gasteiger partial charge in [-0.05, 0) is 35.9 Å². The minimum Gasteiger partial charge on any atom is -0.490 e. The van der Waals surface area contributed by atoms with Gasteiger partial charge in [0.25, 0.3) is 5.91 Å². The van der Waals surface area contributed by atoms with Crippen LogP contribution in [0.25, 0.3) is 0 Å². The van der Waals surface area contributed by atoms with Crippen LogP contribution in [-0.2, 0) is 6.54 Å². The SMILES string of the molecule is O=C(Nc1ccnn1Cc1ccc(Br)cc1)c1ccc2c(c1)OCCCO2. The van der Waals surface area contributed by atoms with E-state index in [0.717, 1.165) is 16.5 Å². The molecule has 0 spiro atoms. The molecule has 1 aliphatic heterocycles. The van der Waals surface area contributed by atoms with E-state index in [0.29, 0.717) is 42.6 Å². The summed E-state index contributed by atoms with van der Waals surface area (Å²) in [5.41, 5.74) is 1.60. The fourth-order valence-electron chi connectivity index (χ4n) is 2.82. The predicted octanol–water partition coefficient (Wildman–Crippen LogP) is 4.11. The van der Waals surface area contributed by atoms with Crippen LogP contribution in [-0.4, -0.2) is 28.9 Å². The number of amides is 1. The zero-order valence-electron chi connectivity index (χ0n) is 14.5. The lowest BCUT2D eigenvalue weighted by Gasteiger charge is -2.11. The fourth-order valence-corrected chi connectivity index (χ4v) is 3.08. The van der Waals surface area contributed by atoms with E-state index < -0.39 is 0 Å². The molecule has 1 amide bonds. The van der Waals surface area contributed by atoms with Gasteiger partial charge in [-0.3, -0.25) is 4.79 Å². The second-order valence-corrected chi connectivity index (χ2v) is 7.08. The van der Waals surface area contributed by atoms with Crippen LogP contribution in [0.15, 0.2) is 59.2 Å². The Morgan fingerprint density at radius 3 is 2.67 bits per heavy atom. The minimum absolute atomic E-state index is 0.219. The number of hydrogen-bond donors (Lipinski definition) is 1. The summed E-state index contributed by atoms with van der Waals surface area (Å²) in [4.78, 5) is 12.7. The van der Waals surface area contributed by atoms with Crippen molar-refractivity contribution in [3.05, 3.63) is 70.3 Å². The van der Waals surface area contributed by atoms with E-state index >= 15 is 0 Å². The lowest BCUT2D eigenvalue weighted by Crippen LogP contribution is -2.16. The zero-order chi connectivity index (χ0) is 18.6. The molecule has 0 saturated heterocycles. The van der Waals surface area contributed by atoms with Crippen LogP contribution >= 0.6 is 15.9 Å². The molecule has 0 bridgehead atoms. The molecule has 27 heavy (non-hydrogen) atoms. The Hall–Kier alpha value is -2.80. The molecule has 1 aliphatic rings. The highest BCUT2D eigenvalue weighted by Crippen LogP contribution is 2.30. The second kappa shape index (κ2) is 7.84. The largest absolute Gasteiger partial charge is 0.490 e. The molecule has 138 valence electrons. The average Bonchev–Trinajstić information content (AvgIpc) is 2.96. The molecule has 0 aliphatic carbocycles. The van der Waals surface area contributed by atoms with Crippen molar-refractivity contribution in [1.29, 1.82) is 0 Å². The standard InChI is InChI=1S/C20H18BrN3O3/c21-16-5-2-14(3-6-16)13-24-19(8-9-22-24)23-20(25)15-4-7-17-18(12-15)27-11-1-10-26-17/h2-9,12H,1,10-11,13H2,(H,23,25). The quantitative estimate of drug-likeness (QED) is 0.680. The first kappa shape index (κ1) is 17.6. The summed E-state index contributed by atoms with van der Waals surface area (Å²) in [7, 11) is 0. The van der Waals surface area contributed by atoms with Gasteiger partial charge in [0.1, 0.15) is 5.82 Å². The first-order valence-electron chi connectivity index (χ1n) is 8.66. The first-order chi connectivity index (χ1) is 13.2. The van der Waals surface area contributed by atoms with Gasteiger partial charge >= 0.3 is 0 Å². The topological polar surface area (TPSA) is 65.4 Å². The molecule has 0 radical (unpaired) electrons. The van der Waals surface area contributed by atoms with Gasteiger partial charge in [-0.15, -0.1) is 0 Å². The molecular formula is C20H18BrN3O3. The number of hydrogen-bond acceptors (Lipinski definition) is 4. The highest BCUT2D eigenvalue weighted by Gasteiger charge is 2.15. The average molecular weight is 428 g/mol. The maximum absolute atomic E-state index is 12.7. The van der Waals surface area contributed by atoms with Gasteiger partial charge < -0.3 is 14.8 Å². The van der Waals surface area contributed by atoms with E-state index in [9.17, 15) is 4.79 Å². The third-order valence-electron chi connectivity index (χ3n) is 4.21. The number of rotatable bonds is 4. The number of nitrogens with zero attached hydrogens (tertiary/aromatic N) is 2. The Morgan fingerprint density at radius 1 is 1.07 bits per heavy atom. The van der Waals surface area contributed by atoms with Crippen LogP contribution in [0.3, 0.4) is 0 Å². The molecular weight excluding hydrogens is 410 g/mol. The van der Waals surface area contributed by atoms with Crippen LogP contribution in [0.4, 0.5) is 5.82 Å². The number of anilines is 1. The summed E-state index contributed by atoms with van der Waals surface area (Å²) < 4.78 is 14.0. The number of carbonyl (C=O) groups is 1. The predicted molar refractivity (Wildman–Crippen MR) is 105 cm³/mol. The Bertz CT molecular complexity index is 953. The second-order valence-electron chi connectivity index (χ2n) is 6.17. The molecule has 0 saturated carbocycles. The van der Waals surface area contributed by atoms with E-state index in [4.69, 9.17) is 9.47 Å². The molecule has 1 N–H and O–H groups in total. The first-order valence-corrected chi connectivity index (χ1v) is 9.45. The molecule has 2 aromatic carbocycles. The van der Waals surface area contributed by atoms with Crippen molar-refractivity contribution in [3.8, 4) is 11.5 Å². The van der Waals surface area contributed by atoms with Crippen LogP contribution < -0.4 is 14.8 Å². The number of aromatic nitrogens is 2. The number of halogens is 1. The van der Waals surface area contributed by atoms with Crippen molar-refractivity contribution < 1.29 is 14.3 Å². The Kier molecular flexibility index (Phi) is 5.11. The van der Waals surface area contributed by atoms with Crippen LogP contribution in [0.2, 0.25) is 0 Å². The van der Waals surface area contributed by atoms with Crippen molar-refractivity contribution in [2.45, 2.75) is 13.0 Å². The summed E-state index contributed by atoms with van der Waals surface area (Å²) in [5.74, 6) is 1.69. The Labute approximate surface area is 165 Å². The van der Waals surface area contributed by atoms with Gasteiger partial charge in [0.2, 0.25) is 0 Å². The lowest BCUT2D eigenvalue weighted by atomic mass is 10.2. The summed E-state index contributed by atoms with van der Waals surface area (Å²) in [5, 5.41) is 7.23. The number of carbonyl (C=O) groups excluding carboxylic acids is 1. The third kappa shape index (κ3) is 4.14. The molecule has 4 rings (SSSR count). The van der Waals surface area contributed by atoms with Crippen LogP contribution in [0.5, 0.6) is 11.5 Å². The van der Waals surface area contributed by atoms with Crippen molar-refractivity contribution >= 4 is 27.7 Å². The molecule has 6 nitrogen and oxygen atoms in total. The van der Waals surface area contributed by atoms with Gasteiger partial charge in [0, 0.05) is 22.5 Å². The normalized spacial score (nSPS) is 13.1. The molecule has 0 atom stereocenters. The number of ether oxygens (including phenoxy) is 2. The molecule has 2 heterocycles. The van der Waals surface area contributed by atoms with E-state index in [2.05, 4.69) is 26.3 Å². The minimum atomic E-state index is -0.219. The Balaban J connectivity index is 1.50. The van der Waals surface area contributed by atoms with E-state index in [-0.39, 0.29) is 5.91 Å².